The quantitative estimate of drug-likeness (QED) is 0.0610. The fraction of sp³-hybridized carbons (Fsp3) is 0.340. The Labute approximate surface area is 400 Å². The Morgan fingerprint density at radius 3 is 2.34 bits per heavy atom. The second-order valence-electron chi connectivity index (χ2n) is 18.1. The van der Waals surface area contributed by atoms with Crippen molar-refractivity contribution in [1.29, 1.82) is 0 Å². The molecule has 0 radical (unpaired) electrons. The van der Waals surface area contributed by atoms with Crippen LogP contribution in [0.15, 0.2) is 97.5 Å². The molecular formula is C50H56ClFN11O4P. The number of amides is 2. The van der Waals surface area contributed by atoms with Crippen LogP contribution < -0.4 is 41.1 Å². The van der Waals surface area contributed by atoms with E-state index in [0.717, 1.165) is 92.3 Å². The number of carbonyl (C=O) groups excluding carboxylic acids is 2. The summed E-state index contributed by atoms with van der Waals surface area (Å²) >= 11 is 6.69. The number of carbonyl (C=O) groups is 2. The van der Waals surface area contributed by atoms with E-state index in [1.807, 2.05) is 74.0 Å². The van der Waals surface area contributed by atoms with E-state index in [2.05, 4.69) is 58.2 Å². The fourth-order valence-corrected chi connectivity index (χ4v) is 10.6. The molecule has 2 aromatic heterocycles. The Balaban J connectivity index is 0.862. The summed E-state index contributed by atoms with van der Waals surface area (Å²) in [7, 11) is 0.815. The van der Waals surface area contributed by atoms with Crippen LogP contribution in [0.3, 0.4) is 0 Å². The second-order valence-corrected chi connectivity index (χ2v) is 21.7. The zero-order chi connectivity index (χ0) is 47.5. The van der Waals surface area contributed by atoms with Gasteiger partial charge >= 0.3 is 0 Å². The van der Waals surface area contributed by atoms with Crippen molar-refractivity contribution in [3.8, 4) is 28.0 Å². The minimum Gasteiger partial charge on any atom is -0.494 e. The maximum atomic E-state index is 14.8. The smallest absolute Gasteiger partial charge is 0.249 e. The minimum absolute atomic E-state index is 0.251. The van der Waals surface area contributed by atoms with E-state index in [1.54, 1.807) is 31.2 Å². The van der Waals surface area contributed by atoms with Gasteiger partial charge < -0.3 is 35.1 Å². The molecule has 3 aliphatic rings. The lowest BCUT2D eigenvalue weighted by molar-refractivity contribution is -0.133. The zero-order valence-corrected chi connectivity index (χ0v) is 40.3. The first-order chi connectivity index (χ1) is 32.8. The Hall–Kier alpha value is -6.48. The average molecular weight is 960 g/mol. The number of aromatic nitrogens is 4. The summed E-state index contributed by atoms with van der Waals surface area (Å²) in [4.78, 5) is 40.4. The Morgan fingerprint density at radius 1 is 0.853 bits per heavy atom. The number of nitrogens with one attached hydrogen (secondary N) is 4. The average Bonchev–Trinajstić information content (AvgIpc) is 3.77. The number of imide groups is 1. The summed E-state index contributed by atoms with van der Waals surface area (Å²) in [5, 5.41) is 17.7. The molecule has 3 fully saturated rings. The molecule has 18 heteroatoms. The number of hydrogen-bond donors (Lipinski definition) is 4. The summed E-state index contributed by atoms with van der Waals surface area (Å²) in [6.07, 6.45) is 8.06. The van der Waals surface area contributed by atoms with Gasteiger partial charge in [0.1, 0.15) is 29.8 Å². The van der Waals surface area contributed by atoms with Crippen molar-refractivity contribution in [1.82, 2.24) is 30.0 Å². The lowest BCUT2D eigenvalue weighted by atomic mass is 9.94. The summed E-state index contributed by atoms with van der Waals surface area (Å²) in [5.41, 5.74) is 7.60. The van der Waals surface area contributed by atoms with Gasteiger partial charge in [0.15, 0.2) is 5.82 Å². The molecule has 3 saturated heterocycles. The highest BCUT2D eigenvalue weighted by Gasteiger charge is 2.29. The van der Waals surface area contributed by atoms with E-state index in [9.17, 15) is 18.5 Å². The van der Waals surface area contributed by atoms with Gasteiger partial charge in [0, 0.05) is 105 Å². The number of piperidine rings is 2. The first-order valence-corrected chi connectivity index (χ1v) is 25.9. The molecule has 6 aromatic rings. The van der Waals surface area contributed by atoms with Gasteiger partial charge in [0.25, 0.3) is 0 Å². The lowest BCUT2D eigenvalue weighted by Crippen LogP contribution is -2.49. The van der Waals surface area contributed by atoms with Gasteiger partial charge in [-0.15, -0.1) is 0 Å². The molecule has 15 nitrogen and oxygen atoms in total. The minimum atomic E-state index is -2.74. The van der Waals surface area contributed by atoms with Crippen LogP contribution in [-0.2, 0) is 21.2 Å². The maximum Gasteiger partial charge on any atom is 0.249 e. The van der Waals surface area contributed by atoms with Crippen LogP contribution in [0.4, 0.5) is 44.6 Å². The van der Waals surface area contributed by atoms with E-state index in [-0.39, 0.29) is 24.1 Å². The van der Waals surface area contributed by atoms with E-state index in [0.29, 0.717) is 57.2 Å². The number of benzene rings is 4. The van der Waals surface area contributed by atoms with Crippen LogP contribution in [0, 0.1) is 11.7 Å². The molecule has 0 saturated carbocycles. The van der Waals surface area contributed by atoms with Gasteiger partial charge in [-0.25, -0.2) is 9.37 Å². The summed E-state index contributed by atoms with van der Waals surface area (Å²) < 4.78 is 36.2. The number of hydrogen-bond acceptors (Lipinski definition) is 13. The lowest BCUT2D eigenvalue weighted by Gasteiger charge is -2.40. The molecule has 0 spiro atoms. The second kappa shape index (κ2) is 20.0. The Kier molecular flexibility index (Phi) is 13.7. The van der Waals surface area contributed by atoms with Crippen LogP contribution >= 0.6 is 18.7 Å². The molecule has 1 unspecified atom stereocenters. The molecule has 4 aromatic carbocycles. The molecule has 0 aliphatic carbocycles. The number of ether oxygens (including phenoxy) is 1. The van der Waals surface area contributed by atoms with Crippen molar-refractivity contribution in [2.45, 2.75) is 31.7 Å². The van der Waals surface area contributed by atoms with Crippen LogP contribution in [0.5, 0.6) is 5.75 Å². The standard InChI is InChI=1S/C50H56ClFN11O4P/c1-60-31-35(28-54-60)39-26-43(57-50-53-29-40(51)48(59-50)56-41-11-10-34(22-46(41)68(3,4)66)33-8-6-5-7-9-33)45(67-2)27-44(39)63-16-14-32(15-17-63)30-61-18-20-62(21-19-61)38-24-36(52)23-37(25-38)55-42-12-13-47(64)58-49(42)65/h5-11,22-29,31-32,42,55H,12-21,30H2,1-4H3,(H,58,64,65)(H2,53,56,57,59). The number of methoxy groups -OCH3 is 1. The van der Waals surface area contributed by atoms with E-state index >= 15 is 0 Å². The van der Waals surface area contributed by atoms with Crippen molar-refractivity contribution in [3.63, 3.8) is 0 Å². The predicted octanol–water partition coefficient (Wildman–Crippen LogP) is 8.34. The van der Waals surface area contributed by atoms with Crippen molar-refractivity contribution in [2.75, 3.05) is 92.0 Å². The summed E-state index contributed by atoms with van der Waals surface area (Å²) in [6, 6.07) is 24.2. The predicted molar refractivity (Wildman–Crippen MR) is 270 cm³/mol. The molecular weight excluding hydrogens is 904 g/mol. The largest absolute Gasteiger partial charge is 0.494 e. The molecule has 2 amide bonds. The van der Waals surface area contributed by atoms with Crippen LogP contribution in [0.25, 0.3) is 22.3 Å². The summed E-state index contributed by atoms with van der Waals surface area (Å²) in [6.45, 7) is 9.47. The third-order valence-electron chi connectivity index (χ3n) is 12.9. The van der Waals surface area contributed by atoms with Gasteiger partial charge in [0.05, 0.1) is 30.9 Å². The van der Waals surface area contributed by atoms with Gasteiger partial charge in [-0.3, -0.25) is 24.5 Å². The van der Waals surface area contributed by atoms with Crippen LogP contribution in [0.2, 0.25) is 5.02 Å². The molecule has 5 heterocycles. The van der Waals surface area contributed by atoms with Crippen molar-refractivity contribution in [3.05, 3.63) is 108 Å². The number of anilines is 7. The molecule has 4 N–H and O–H groups in total. The Bertz CT molecular complexity index is 2860. The molecule has 354 valence electrons. The van der Waals surface area contributed by atoms with E-state index in [4.69, 9.17) is 21.3 Å². The van der Waals surface area contributed by atoms with E-state index < -0.39 is 13.2 Å². The highest BCUT2D eigenvalue weighted by Crippen LogP contribution is 2.43. The van der Waals surface area contributed by atoms with Crippen molar-refractivity contribution >= 4 is 76.1 Å². The topological polar surface area (TPSA) is 162 Å². The molecule has 68 heavy (non-hydrogen) atoms. The number of nitrogens with zero attached hydrogens (tertiary/aromatic N) is 7. The fourth-order valence-electron chi connectivity index (χ4n) is 9.33. The normalized spacial score (nSPS) is 17.2. The molecule has 1 atom stereocenters. The van der Waals surface area contributed by atoms with Gasteiger partial charge in [-0.05, 0) is 86.0 Å². The summed E-state index contributed by atoms with van der Waals surface area (Å²) in [5.74, 6) is 0.754. The van der Waals surface area contributed by atoms with E-state index in [1.165, 1.54) is 12.3 Å². The first-order valence-electron chi connectivity index (χ1n) is 22.9. The number of piperazine rings is 1. The zero-order valence-electron chi connectivity index (χ0n) is 38.6. The number of halogens is 2. The third kappa shape index (κ3) is 10.8. The molecule has 0 bridgehead atoms. The maximum absolute atomic E-state index is 14.8. The van der Waals surface area contributed by atoms with Gasteiger partial charge in [-0.1, -0.05) is 48.0 Å². The van der Waals surface area contributed by atoms with Crippen molar-refractivity contribution in [2.24, 2.45) is 13.0 Å². The highest BCUT2D eigenvalue weighted by molar-refractivity contribution is 7.70. The number of aryl methyl sites for hydroxylation is 1. The van der Waals surface area contributed by atoms with Gasteiger partial charge in [0.2, 0.25) is 17.8 Å². The monoisotopic (exact) mass is 959 g/mol. The third-order valence-corrected chi connectivity index (χ3v) is 14.7. The Morgan fingerprint density at radius 2 is 1.63 bits per heavy atom. The molecule has 9 rings (SSSR count). The van der Waals surface area contributed by atoms with Crippen LogP contribution in [-0.4, -0.2) is 109 Å². The SMILES string of the molecule is COc1cc(N2CCC(CN3CCN(c4cc(F)cc(NC5CCC(=O)NC5=O)c4)CC3)CC2)c(-c2cnn(C)c2)cc1Nc1ncc(Cl)c(Nc2ccc(-c3ccccc3)cc2P(C)(C)=O)n1. The van der Waals surface area contributed by atoms with Crippen molar-refractivity contribution < 1.29 is 23.3 Å². The number of rotatable bonds is 14. The van der Waals surface area contributed by atoms with Gasteiger partial charge in [-0.2, -0.15) is 10.1 Å². The molecule has 3 aliphatic heterocycles. The first kappa shape index (κ1) is 46.6. The van der Waals surface area contributed by atoms with Crippen LogP contribution in [0.1, 0.15) is 25.7 Å². The highest BCUT2D eigenvalue weighted by atomic mass is 35.5.